The van der Waals surface area contributed by atoms with Gasteiger partial charge in [0.25, 0.3) is 0 Å². The SMILES string of the molecule is CO[C@H]1O[C@H](COC(=O)c2ccccc2)[C@@H](O[C@@H]2O[C@H](COC(=O)c3ccccc3)[C@@H](OC(=O)c3ccccc3)[C@H](OC(=O)c3ccccc3)[C@H]2OC(=O)c2ccccc2)[C@H](OC(=O)c2ccccc2)[C@H]1OC(=O)c1ccccc1. The van der Waals surface area contributed by atoms with Gasteiger partial charge in [0.2, 0.25) is 0 Å². The van der Waals surface area contributed by atoms with E-state index in [0.717, 1.165) is 0 Å². The molecule has 18 nitrogen and oxygen atoms in total. The molecule has 0 saturated carbocycles. The van der Waals surface area contributed by atoms with E-state index in [9.17, 15) is 33.6 Å². The summed E-state index contributed by atoms with van der Waals surface area (Å²) in [4.78, 5) is 99.2. The Bertz CT molecular complexity index is 3190. The lowest BCUT2D eigenvalue weighted by Crippen LogP contribution is -2.67. The number of benzene rings is 7. The van der Waals surface area contributed by atoms with Crippen LogP contribution in [-0.4, -0.2) is 124 Å². The van der Waals surface area contributed by atoms with Gasteiger partial charge in [0.15, 0.2) is 43.1 Å². The second-order valence-electron chi connectivity index (χ2n) is 18.0. The molecule has 0 aliphatic carbocycles. The van der Waals surface area contributed by atoms with E-state index in [1.165, 1.54) is 92.0 Å². The molecule has 2 heterocycles. The Morgan fingerprint density at radius 1 is 0.300 bits per heavy atom. The zero-order valence-electron chi connectivity index (χ0n) is 42.7. The number of carbonyl (C=O) groups is 7. The molecule has 10 atom stereocenters. The van der Waals surface area contributed by atoms with Gasteiger partial charge in [-0.25, -0.2) is 33.6 Å². The van der Waals surface area contributed by atoms with E-state index in [2.05, 4.69) is 0 Å². The van der Waals surface area contributed by atoms with E-state index in [1.54, 1.807) is 127 Å². The van der Waals surface area contributed by atoms with E-state index in [0.29, 0.717) is 0 Å². The summed E-state index contributed by atoms with van der Waals surface area (Å²) in [6, 6.07) is 54.9. The van der Waals surface area contributed by atoms with Gasteiger partial charge in [0, 0.05) is 7.11 Å². The van der Waals surface area contributed by atoms with Crippen LogP contribution in [0.25, 0.3) is 0 Å². The summed E-state index contributed by atoms with van der Waals surface area (Å²) in [6.45, 7) is -1.39. The quantitative estimate of drug-likeness (QED) is 0.0549. The molecule has 0 N–H and O–H groups in total. The number of esters is 7. The molecule has 0 radical (unpaired) electrons. The van der Waals surface area contributed by atoms with Crippen molar-refractivity contribution in [3.05, 3.63) is 251 Å². The lowest BCUT2D eigenvalue weighted by molar-refractivity contribution is -0.354. The highest BCUT2D eigenvalue weighted by molar-refractivity contribution is 5.93. The Morgan fingerprint density at radius 2 is 0.537 bits per heavy atom. The van der Waals surface area contributed by atoms with Gasteiger partial charge in [-0.2, -0.15) is 0 Å². The van der Waals surface area contributed by atoms with Crippen molar-refractivity contribution in [2.45, 2.75) is 61.4 Å². The van der Waals surface area contributed by atoms with E-state index >= 15 is 0 Å². The van der Waals surface area contributed by atoms with E-state index in [4.69, 9.17) is 52.1 Å². The highest BCUT2D eigenvalue weighted by Gasteiger charge is 2.58. The maximum Gasteiger partial charge on any atom is 0.338 e. The molecule has 7 aromatic rings. The fraction of sp³-hybridized carbons (Fsp3) is 0.210. The fourth-order valence-corrected chi connectivity index (χ4v) is 8.77. The van der Waals surface area contributed by atoms with Crippen molar-refractivity contribution in [1.29, 1.82) is 0 Å². The molecule has 2 saturated heterocycles. The zero-order valence-corrected chi connectivity index (χ0v) is 42.7. The van der Waals surface area contributed by atoms with Crippen LogP contribution < -0.4 is 0 Å². The molecule has 0 bridgehead atoms. The number of hydrogen-bond donors (Lipinski definition) is 0. The molecule has 0 amide bonds. The summed E-state index contributed by atoms with van der Waals surface area (Å²) in [5, 5.41) is 0. The van der Waals surface area contributed by atoms with Crippen LogP contribution in [0.15, 0.2) is 212 Å². The standard InChI is InChI=1S/C62H52O18/c1-70-61-52(78-59(68)44-33-19-7-20-34-44)51(77-58(67)43-31-17-6-18-32-43)49(47(73-61)38-72-55(64)40-25-11-3-12-26-40)80-62-53(79-60(69)45-35-21-8-22-36-45)50(76-57(66)42-29-15-5-16-30-42)48(75-56(65)41-27-13-4-14-28-41)46(74-62)37-71-54(63)39-23-9-2-10-24-39/h2-36,46-53,61-62H,37-38H2,1H3/t46-,47-,48-,49-,50+,51+,52-,53-,61+,62+/m1/s1. The van der Waals surface area contributed by atoms with Crippen molar-refractivity contribution in [2.24, 2.45) is 0 Å². The van der Waals surface area contributed by atoms with E-state index in [1.807, 2.05) is 0 Å². The maximum absolute atomic E-state index is 14.5. The Kier molecular flexibility index (Phi) is 18.6. The first-order valence-corrected chi connectivity index (χ1v) is 25.3. The normalized spacial score (nSPS) is 22.3. The smallest absolute Gasteiger partial charge is 0.338 e. The maximum atomic E-state index is 14.5. The van der Waals surface area contributed by atoms with Gasteiger partial charge in [-0.1, -0.05) is 127 Å². The summed E-state index contributed by atoms with van der Waals surface area (Å²) in [5.74, 6) is -6.45. The highest BCUT2D eigenvalue weighted by Crippen LogP contribution is 2.37. The Balaban J connectivity index is 1.19. The van der Waals surface area contributed by atoms with Gasteiger partial charge < -0.3 is 52.1 Å². The highest BCUT2D eigenvalue weighted by atomic mass is 16.8. The van der Waals surface area contributed by atoms with Crippen LogP contribution >= 0.6 is 0 Å². The molecular weight excluding hydrogens is 1030 g/mol. The third kappa shape index (κ3) is 13.9. The van der Waals surface area contributed by atoms with Crippen molar-refractivity contribution in [3.63, 3.8) is 0 Å². The Hall–Kier alpha value is -9.33. The van der Waals surface area contributed by atoms with Gasteiger partial charge in [0.05, 0.1) is 38.9 Å². The molecule has 80 heavy (non-hydrogen) atoms. The molecule has 0 spiro atoms. The monoisotopic (exact) mass is 1080 g/mol. The van der Waals surface area contributed by atoms with Crippen LogP contribution in [-0.2, 0) is 52.1 Å². The number of methoxy groups -OCH3 is 1. The van der Waals surface area contributed by atoms with Crippen molar-refractivity contribution < 1.29 is 85.7 Å². The van der Waals surface area contributed by atoms with Gasteiger partial charge in [-0.3, -0.25) is 0 Å². The van der Waals surface area contributed by atoms with Crippen molar-refractivity contribution in [2.75, 3.05) is 20.3 Å². The summed E-state index contributed by atoms with van der Waals surface area (Å²) < 4.78 is 68.9. The molecule has 2 aliphatic heterocycles. The van der Waals surface area contributed by atoms with E-state index in [-0.39, 0.29) is 38.9 Å². The Labute approximate surface area is 458 Å². The molecule has 408 valence electrons. The molecule has 0 aromatic heterocycles. The van der Waals surface area contributed by atoms with Crippen LogP contribution in [0.5, 0.6) is 0 Å². The largest absolute Gasteiger partial charge is 0.459 e. The average molecular weight is 1090 g/mol. The number of carbonyl (C=O) groups excluding carboxylic acids is 7. The molecule has 0 unspecified atom stereocenters. The fourth-order valence-electron chi connectivity index (χ4n) is 8.77. The lowest BCUT2D eigenvalue weighted by Gasteiger charge is -2.48. The van der Waals surface area contributed by atoms with Crippen LogP contribution in [0.1, 0.15) is 72.5 Å². The van der Waals surface area contributed by atoms with Gasteiger partial charge >= 0.3 is 41.8 Å². The minimum absolute atomic E-state index is 0.00771. The summed E-state index contributed by atoms with van der Waals surface area (Å²) in [6.07, 6.45) is -17.7. The molecule has 2 aliphatic rings. The first kappa shape index (κ1) is 55.4. The first-order chi connectivity index (χ1) is 39.0. The lowest BCUT2D eigenvalue weighted by atomic mass is 9.95. The van der Waals surface area contributed by atoms with Gasteiger partial charge in [-0.05, 0) is 84.9 Å². The number of hydrogen-bond acceptors (Lipinski definition) is 18. The molecule has 9 rings (SSSR count). The number of ether oxygens (including phenoxy) is 11. The third-order valence-corrected chi connectivity index (χ3v) is 12.7. The molecule has 18 heteroatoms. The first-order valence-electron chi connectivity index (χ1n) is 25.3. The van der Waals surface area contributed by atoms with Crippen molar-refractivity contribution in [3.8, 4) is 0 Å². The second-order valence-corrected chi connectivity index (χ2v) is 18.0. The number of rotatable bonds is 19. The molecule has 7 aromatic carbocycles. The minimum Gasteiger partial charge on any atom is -0.459 e. The predicted molar refractivity (Wildman–Crippen MR) is 281 cm³/mol. The summed E-state index contributed by atoms with van der Waals surface area (Å²) in [7, 11) is 1.24. The van der Waals surface area contributed by atoms with E-state index < -0.39 is 116 Å². The van der Waals surface area contributed by atoms with Crippen LogP contribution in [0.3, 0.4) is 0 Å². The minimum atomic E-state index is -2.04. The van der Waals surface area contributed by atoms with Crippen molar-refractivity contribution in [1.82, 2.24) is 0 Å². The molecular formula is C62H52O18. The van der Waals surface area contributed by atoms with Crippen LogP contribution in [0.2, 0.25) is 0 Å². The summed E-state index contributed by atoms with van der Waals surface area (Å²) >= 11 is 0. The molecule has 2 fully saturated rings. The van der Waals surface area contributed by atoms with Crippen molar-refractivity contribution >= 4 is 41.8 Å². The average Bonchev–Trinajstić information content (AvgIpc) is 3.71. The predicted octanol–water partition coefficient (Wildman–Crippen LogP) is 8.31. The summed E-state index contributed by atoms with van der Waals surface area (Å²) in [5.41, 5.74) is 0.502. The van der Waals surface area contributed by atoms with Gasteiger partial charge in [-0.15, -0.1) is 0 Å². The Morgan fingerprint density at radius 3 is 0.850 bits per heavy atom. The topological polar surface area (TPSA) is 221 Å². The van der Waals surface area contributed by atoms with Crippen LogP contribution in [0, 0.1) is 0 Å². The second kappa shape index (κ2) is 26.8. The van der Waals surface area contributed by atoms with Crippen LogP contribution in [0.4, 0.5) is 0 Å². The van der Waals surface area contributed by atoms with Gasteiger partial charge in [0.1, 0.15) is 31.5 Å². The third-order valence-electron chi connectivity index (χ3n) is 12.7. The zero-order chi connectivity index (χ0) is 55.8.